The van der Waals surface area contributed by atoms with Crippen LogP contribution >= 0.6 is 0 Å². The molecule has 144 valence electrons. The summed E-state index contributed by atoms with van der Waals surface area (Å²) in [4.78, 5) is 15.2. The summed E-state index contributed by atoms with van der Waals surface area (Å²) in [6.07, 6.45) is 4.01. The van der Waals surface area contributed by atoms with Crippen LogP contribution in [0.2, 0.25) is 0 Å². The van der Waals surface area contributed by atoms with Crippen molar-refractivity contribution in [3.8, 4) is 0 Å². The molecule has 1 aromatic carbocycles. The van der Waals surface area contributed by atoms with Crippen LogP contribution < -0.4 is 11.1 Å². The minimum absolute atomic E-state index is 0.0683. The summed E-state index contributed by atoms with van der Waals surface area (Å²) in [7, 11) is 0. The Hall–Kier alpha value is -1.43. The minimum Gasteiger partial charge on any atom is -0.381 e. The Balaban J connectivity index is 1.54. The average Bonchev–Trinajstić information content (AvgIpc) is 2.69. The van der Waals surface area contributed by atoms with E-state index in [1.165, 1.54) is 31.5 Å². The first-order chi connectivity index (χ1) is 12.6. The zero-order chi connectivity index (χ0) is 18.4. The van der Waals surface area contributed by atoms with Gasteiger partial charge >= 0.3 is 0 Å². The molecule has 2 aliphatic heterocycles. The first kappa shape index (κ1) is 19.3. The van der Waals surface area contributed by atoms with Crippen LogP contribution in [0, 0.1) is 11.3 Å². The smallest absolute Gasteiger partial charge is 0.227 e. The highest BCUT2D eigenvalue weighted by Crippen LogP contribution is 2.29. The Bertz CT molecular complexity index is 591. The molecule has 0 saturated carbocycles. The van der Waals surface area contributed by atoms with Gasteiger partial charge in [0.25, 0.3) is 0 Å². The fourth-order valence-electron chi connectivity index (χ4n) is 3.97. The molecule has 0 spiro atoms. The Morgan fingerprint density at radius 3 is 2.65 bits per heavy atom. The van der Waals surface area contributed by atoms with Gasteiger partial charge in [0.05, 0.1) is 5.41 Å². The molecule has 5 nitrogen and oxygen atoms in total. The number of hydrogen-bond donors (Lipinski definition) is 2. The Morgan fingerprint density at radius 1 is 1.27 bits per heavy atom. The third-order valence-electron chi connectivity index (χ3n) is 6.05. The first-order valence-electron chi connectivity index (χ1n) is 9.97. The lowest BCUT2D eigenvalue weighted by atomic mass is 9.79. The summed E-state index contributed by atoms with van der Waals surface area (Å²) in [5, 5.41) is 3.11. The van der Waals surface area contributed by atoms with Crippen molar-refractivity contribution in [3.63, 3.8) is 0 Å². The van der Waals surface area contributed by atoms with Gasteiger partial charge in [-0.15, -0.1) is 0 Å². The minimum atomic E-state index is -0.458. The lowest BCUT2D eigenvalue weighted by molar-refractivity contribution is -0.136. The number of piperidine rings is 1. The van der Waals surface area contributed by atoms with Crippen molar-refractivity contribution in [1.29, 1.82) is 0 Å². The topological polar surface area (TPSA) is 67.6 Å². The van der Waals surface area contributed by atoms with Crippen LogP contribution in [0.15, 0.2) is 24.3 Å². The second kappa shape index (κ2) is 8.98. The number of rotatable bonds is 6. The molecule has 3 N–H and O–H groups in total. The molecular weight excluding hydrogens is 326 g/mol. The molecule has 26 heavy (non-hydrogen) atoms. The number of ether oxygens (including phenoxy) is 1. The number of likely N-dealkylation sites (tertiary alicyclic amines) is 1. The van der Waals surface area contributed by atoms with Crippen molar-refractivity contribution in [2.75, 3.05) is 32.8 Å². The van der Waals surface area contributed by atoms with E-state index in [0.717, 1.165) is 18.0 Å². The summed E-state index contributed by atoms with van der Waals surface area (Å²) in [6.45, 7) is 7.89. The number of benzene rings is 1. The average molecular weight is 360 g/mol. The number of nitrogens with zero attached hydrogens (tertiary/aromatic N) is 1. The lowest BCUT2D eigenvalue weighted by Crippen LogP contribution is -2.48. The number of nitrogens with one attached hydrogen (secondary N) is 1. The quantitative estimate of drug-likeness (QED) is 0.818. The lowest BCUT2D eigenvalue weighted by Gasteiger charge is -2.34. The molecule has 2 heterocycles. The van der Waals surface area contributed by atoms with E-state index in [0.29, 0.717) is 39.1 Å². The number of carbonyl (C=O) groups excluding carboxylic acids is 1. The van der Waals surface area contributed by atoms with Gasteiger partial charge in [-0.3, -0.25) is 9.69 Å². The maximum atomic E-state index is 12.7. The highest BCUT2D eigenvalue weighted by atomic mass is 16.5. The van der Waals surface area contributed by atoms with E-state index in [1.807, 2.05) is 0 Å². The van der Waals surface area contributed by atoms with Crippen molar-refractivity contribution < 1.29 is 9.53 Å². The van der Waals surface area contributed by atoms with Crippen LogP contribution in [0.25, 0.3) is 0 Å². The van der Waals surface area contributed by atoms with Gasteiger partial charge in [-0.1, -0.05) is 31.2 Å². The SMILES string of the molecule is CC1CCN(Cc2cccc(CNC(=O)C3(CN)CCOCC3)c2)CC1. The standard InChI is InChI=1S/C21H33N3O2/c1-17-5-9-24(10-6-17)15-19-4-2-3-18(13-19)14-23-20(25)21(16-22)7-11-26-12-8-21/h2-4,13,17H,5-12,14-16,22H2,1H3,(H,23,25). The van der Waals surface area contributed by atoms with Gasteiger partial charge < -0.3 is 15.8 Å². The Morgan fingerprint density at radius 2 is 1.96 bits per heavy atom. The molecule has 2 fully saturated rings. The highest BCUT2D eigenvalue weighted by Gasteiger charge is 2.38. The number of carbonyl (C=O) groups is 1. The normalized spacial score (nSPS) is 21.5. The molecule has 0 radical (unpaired) electrons. The number of nitrogens with two attached hydrogens (primary N) is 1. The largest absolute Gasteiger partial charge is 0.381 e. The van der Waals surface area contributed by atoms with E-state index in [4.69, 9.17) is 10.5 Å². The third kappa shape index (κ3) is 4.84. The fraction of sp³-hybridized carbons (Fsp3) is 0.667. The molecular formula is C21H33N3O2. The van der Waals surface area contributed by atoms with Crippen LogP contribution in [0.5, 0.6) is 0 Å². The zero-order valence-corrected chi connectivity index (χ0v) is 16.0. The first-order valence-corrected chi connectivity index (χ1v) is 9.97. The maximum Gasteiger partial charge on any atom is 0.227 e. The van der Waals surface area contributed by atoms with Crippen LogP contribution in [0.3, 0.4) is 0 Å². The Kier molecular flexibility index (Phi) is 6.68. The molecule has 1 aromatic rings. The van der Waals surface area contributed by atoms with Crippen molar-refractivity contribution in [2.24, 2.45) is 17.1 Å². The van der Waals surface area contributed by atoms with Crippen LogP contribution in [0.1, 0.15) is 43.7 Å². The molecule has 0 atom stereocenters. The summed E-state index contributed by atoms with van der Waals surface area (Å²) in [6, 6.07) is 8.58. The van der Waals surface area contributed by atoms with Gasteiger partial charge in [0, 0.05) is 32.8 Å². The van der Waals surface area contributed by atoms with Crippen molar-refractivity contribution >= 4 is 5.91 Å². The molecule has 0 aliphatic carbocycles. The molecule has 2 aliphatic rings. The van der Waals surface area contributed by atoms with Gasteiger partial charge in [0.1, 0.15) is 0 Å². The fourth-order valence-corrected chi connectivity index (χ4v) is 3.97. The van der Waals surface area contributed by atoms with Gasteiger partial charge in [-0.25, -0.2) is 0 Å². The summed E-state index contributed by atoms with van der Waals surface area (Å²) in [5.74, 6) is 0.923. The van der Waals surface area contributed by atoms with E-state index < -0.39 is 5.41 Å². The van der Waals surface area contributed by atoms with Gasteiger partial charge in [0.15, 0.2) is 0 Å². The number of hydrogen-bond acceptors (Lipinski definition) is 4. The van der Waals surface area contributed by atoms with Gasteiger partial charge in [0.2, 0.25) is 5.91 Å². The summed E-state index contributed by atoms with van der Waals surface area (Å²) in [5.41, 5.74) is 7.94. The molecule has 3 rings (SSSR count). The molecule has 2 saturated heterocycles. The zero-order valence-electron chi connectivity index (χ0n) is 16.0. The molecule has 5 heteroatoms. The van der Waals surface area contributed by atoms with Crippen molar-refractivity contribution in [3.05, 3.63) is 35.4 Å². The summed E-state index contributed by atoms with van der Waals surface area (Å²) < 4.78 is 5.39. The van der Waals surface area contributed by atoms with Crippen molar-refractivity contribution in [2.45, 2.75) is 45.7 Å². The van der Waals surface area contributed by atoms with Crippen LogP contribution in [-0.2, 0) is 22.6 Å². The van der Waals surface area contributed by atoms with Gasteiger partial charge in [-0.2, -0.15) is 0 Å². The van der Waals surface area contributed by atoms with Crippen LogP contribution in [0.4, 0.5) is 0 Å². The second-order valence-corrected chi connectivity index (χ2v) is 8.06. The van der Waals surface area contributed by atoms with Crippen LogP contribution in [-0.4, -0.2) is 43.7 Å². The van der Waals surface area contributed by atoms with E-state index >= 15 is 0 Å². The highest BCUT2D eigenvalue weighted by molar-refractivity contribution is 5.83. The second-order valence-electron chi connectivity index (χ2n) is 8.06. The maximum absolute atomic E-state index is 12.7. The van der Waals surface area contributed by atoms with E-state index in [-0.39, 0.29) is 5.91 Å². The molecule has 1 amide bonds. The van der Waals surface area contributed by atoms with E-state index in [1.54, 1.807) is 0 Å². The predicted octanol–water partition coefficient (Wildman–Crippen LogP) is 2.29. The monoisotopic (exact) mass is 359 g/mol. The third-order valence-corrected chi connectivity index (χ3v) is 6.05. The molecule has 0 aromatic heterocycles. The molecule has 0 bridgehead atoms. The van der Waals surface area contributed by atoms with E-state index in [9.17, 15) is 4.79 Å². The molecule has 0 unspecified atom stereocenters. The Labute approximate surface area is 157 Å². The number of amides is 1. The van der Waals surface area contributed by atoms with E-state index in [2.05, 4.69) is 41.4 Å². The predicted molar refractivity (Wildman–Crippen MR) is 104 cm³/mol. The van der Waals surface area contributed by atoms with Gasteiger partial charge in [-0.05, 0) is 55.8 Å². The summed E-state index contributed by atoms with van der Waals surface area (Å²) >= 11 is 0. The van der Waals surface area contributed by atoms with Crippen molar-refractivity contribution in [1.82, 2.24) is 10.2 Å².